The number of nitrogens with zero attached hydrogens (tertiary/aromatic N) is 1. The van der Waals surface area contributed by atoms with Crippen LogP contribution in [-0.2, 0) is 17.9 Å². The van der Waals surface area contributed by atoms with Crippen LogP contribution in [0.3, 0.4) is 0 Å². The van der Waals surface area contributed by atoms with Gasteiger partial charge < -0.3 is 19.9 Å². The molecule has 1 aliphatic carbocycles. The van der Waals surface area contributed by atoms with Crippen molar-refractivity contribution in [2.24, 2.45) is 5.92 Å². The summed E-state index contributed by atoms with van der Waals surface area (Å²) in [7, 11) is 0. The zero-order valence-corrected chi connectivity index (χ0v) is 19.8. The Balaban J connectivity index is 1.40. The minimum atomic E-state index is -0.299. The molecule has 3 aromatic rings. The first-order chi connectivity index (χ1) is 17.0. The average Bonchev–Trinajstić information content (AvgIpc) is 3.66. The number of nitrogens with one attached hydrogen (secondary N) is 2. The van der Waals surface area contributed by atoms with E-state index in [1.54, 1.807) is 18.2 Å². The number of aromatic nitrogens is 1. The van der Waals surface area contributed by atoms with Crippen LogP contribution in [0.15, 0.2) is 60.7 Å². The maximum Gasteiger partial charge on any atom is 0.268 e. The van der Waals surface area contributed by atoms with Crippen LogP contribution in [0.4, 0.5) is 4.39 Å². The Morgan fingerprint density at radius 2 is 1.77 bits per heavy atom. The van der Waals surface area contributed by atoms with Crippen molar-refractivity contribution >= 4 is 11.8 Å². The second-order valence-corrected chi connectivity index (χ2v) is 9.28. The van der Waals surface area contributed by atoms with Gasteiger partial charge in [0.1, 0.15) is 11.5 Å². The number of benzene rings is 2. The molecule has 2 atom stereocenters. The smallest absolute Gasteiger partial charge is 0.268 e. The summed E-state index contributed by atoms with van der Waals surface area (Å²) in [6.07, 6.45) is 2.79. The normalized spacial score (nSPS) is 16.7. The molecule has 2 unspecified atom stereocenters. The van der Waals surface area contributed by atoms with E-state index >= 15 is 0 Å². The Morgan fingerprint density at radius 3 is 2.46 bits per heavy atom. The van der Waals surface area contributed by atoms with Crippen LogP contribution < -0.4 is 10.6 Å². The van der Waals surface area contributed by atoms with Crippen LogP contribution in [0.1, 0.15) is 75.9 Å². The van der Waals surface area contributed by atoms with Crippen molar-refractivity contribution in [3.8, 4) is 0 Å². The van der Waals surface area contributed by atoms with Gasteiger partial charge in [0.05, 0.1) is 36.6 Å². The first-order valence-corrected chi connectivity index (χ1v) is 12.3. The number of halogens is 1. The summed E-state index contributed by atoms with van der Waals surface area (Å²) in [5, 5.41) is 6.28. The fraction of sp³-hybridized carbons (Fsp3) is 0.357. The van der Waals surface area contributed by atoms with E-state index in [9.17, 15) is 14.0 Å². The lowest BCUT2D eigenvalue weighted by molar-refractivity contribution is 0.0772. The van der Waals surface area contributed by atoms with E-state index in [2.05, 4.69) is 10.6 Å². The third kappa shape index (κ3) is 5.00. The van der Waals surface area contributed by atoms with Gasteiger partial charge in [0.2, 0.25) is 0 Å². The third-order valence-corrected chi connectivity index (χ3v) is 6.91. The van der Waals surface area contributed by atoms with Crippen molar-refractivity contribution in [2.75, 3.05) is 6.61 Å². The molecule has 1 aliphatic heterocycles. The van der Waals surface area contributed by atoms with Gasteiger partial charge in [-0.25, -0.2) is 4.39 Å². The van der Waals surface area contributed by atoms with Gasteiger partial charge in [-0.05, 0) is 54.5 Å². The molecular weight excluding hydrogens is 445 g/mol. The molecule has 5 rings (SSSR count). The number of ether oxygens (including phenoxy) is 1. The van der Waals surface area contributed by atoms with Crippen molar-refractivity contribution in [1.82, 2.24) is 15.2 Å². The van der Waals surface area contributed by atoms with Crippen LogP contribution >= 0.6 is 0 Å². The Kier molecular flexibility index (Phi) is 6.68. The van der Waals surface area contributed by atoms with Crippen molar-refractivity contribution in [3.05, 3.63) is 94.6 Å². The molecule has 2 aromatic carbocycles. The molecule has 2 N–H and O–H groups in total. The molecule has 6 nitrogen and oxygen atoms in total. The molecule has 0 bridgehead atoms. The molecule has 1 fully saturated rings. The van der Waals surface area contributed by atoms with Crippen LogP contribution in [0.2, 0.25) is 0 Å². The zero-order chi connectivity index (χ0) is 24.4. The van der Waals surface area contributed by atoms with E-state index < -0.39 is 0 Å². The summed E-state index contributed by atoms with van der Waals surface area (Å²) in [6.45, 7) is 3.30. The number of carbonyl (C=O) groups is 2. The fourth-order valence-corrected chi connectivity index (χ4v) is 4.84. The van der Waals surface area contributed by atoms with E-state index in [0.717, 1.165) is 30.4 Å². The molecule has 0 spiro atoms. The molecule has 7 heteroatoms. The van der Waals surface area contributed by atoms with E-state index in [1.807, 2.05) is 41.8 Å². The van der Waals surface area contributed by atoms with Crippen LogP contribution in [0.5, 0.6) is 0 Å². The molecule has 35 heavy (non-hydrogen) atoms. The summed E-state index contributed by atoms with van der Waals surface area (Å²) in [5.41, 5.74) is 3.56. The average molecular weight is 476 g/mol. The lowest BCUT2D eigenvalue weighted by Gasteiger charge is -2.22. The predicted octanol–water partition coefficient (Wildman–Crippen LogP) is 4.92. The van der Waals surface area contributed by atoms with Gasteiger partial charge in [0.15, 0.2) is 0 Å². The highest BCUT2D eigenvalue weighted by atomic mass is 19.1. The standard InChI is InChI=1S/C28H30FN3O3/c1-2-23(18-6-4-3-5-7-18)30-27(33)22-16-24(32-14-15-35-17-25(22)32)28(34)31-26(19-8-9-19)20-10-12-21(29)13-11-20/h3-7,10-13,16,19,23,26H,2,8-9,14-15,17H2,1H3,(H,30,33)(H,31,34). The van der Waals surface area contributed by atoms with Crippen LogP contribution in [-0.4, -0.2) is 23.0 Å². The van der Waals surface area contributed by atoms with Gasteiger partial charge in [-0.2, -0.15) is 0 Å². The zero-order valence-electron chi connectivity index (χ0n) is 19.8. The number of rotatable bonds is 8. The summed E-state index contributed by atoms with van der Waals surface area (Å²) >= 11 is 0. The van der Waals surface area contributed by atoms with Crippen molar-refractivity contribution in [1.29, 1.82) is 0 Å². The topological polar surface area (TPSA) is 72.4 Å². The largest absolute Gasteiger partial charge is 0.373 e. The molecular formula is C28H30FN3O3. The van der Waals surface area contributed by atoms with Gasteiger partial charge in [-0.15, -0.1) is 0 Å². The predicted molar refractivity (Wildman–Crippen MR) is 130 cm³/mol. The molecule has 1 aromatic heterocycles. The van der Waals surface area contributed by atoms with Crippen molar-refractivity contribution < 1.29 is 18.7 Å². The number of hydrogen-bond donors (Lipinski definition) is 2. The third-order valence-electron chi connectivity index (χ3n) is 6.91. The SMILES string of the molecule is CCC(NC(=O)c1cc(C(=O)NC(c2ccc(F)cc2)C2CC2)n2c1COCC2)c1ccccc1. The fourth-order valence-electron chi connectivity index (χ4n) is 4.84. The highest BCUT2D eigenvalue weighted by Crippen LogP contribution is 2.41. The molecule has 182 valence electrons. The molecule has 2 aliphatic rings. The Hall–Kier alpha value is -3.45. The summed E-state index contributed by atoms with van der Waals surface area (Å²) < 4.78 is 21.0. The molecule has 1 saturated carbocycles. The van der Waals surface area contributed by atoms with E-state index in [0.29, 0.717) is 36.0 Å². The summed E-state index contributed by atoms with van der Waals surface area (Å²) in [5.74, 6) is -0.413. The lowest BCUT2D eigenvalue weighted by atomic mass is 10.0. The van der Waals surface area contributed by atoms with Gasteiger partial charge in [0, 0.05) is 6.54 Å². The van der Waals surface area contributed by atoms with Crippen molar-refractivity contribution in [2.45, 2.75) is 51.4 Å². The summed E-state index contributed by atoms with van der Waals surface area (Å²) in [6, 6.07) is 17.5. The number of fused-ring (bicyclic) bond motifs is 1. The molecule has 0 saturated heterocycles. The van der Waals surface area contributed by atoms with E-state index in [-0.39, 0.29) is 36.3 Å². The number of hydrogen-bond acceptors (Lipinski definition) is 3. The van der Waals surface area contributed by atoms with E-state index in [4.69, 9.17) is 4.74 Å². The Labute approximate surface area is 204 Å². The second-order valence-electron chi connectivity index (χ2n) is 9.28. The molecule has 0 radical (unpaired) electrons. The Bertz CT molecular complexity index is 1200. The highest BCUT2D eigenvalue weighted by Gasteiger charge is 2.35. The summed E-state index contributed by atoms with van der Waals surface area (Å²) in [4.78, 5) is 26.8. The number of carbonyl (C=O) groups excluding carboxylic acids is 2. The van der Waals surface area contributed by atoms with Gasteiger partial charge in [-0.3, -0.25) is 9.59 Å². The maximum atomic E-state index is 13.5. The molecule has 2 heterocycles. The maximum absolute atomic E-state index is 13.5. The second kappa shape index (κ2) is 10.0. The molecule has 2 amide bonds. The van der Waals surface area contributed by atoms with E-state index in [1.165, 1.54) is 12.1 Å². The van der Waals surface area contributed by atoms with Crippen LogP contribution in [0, 0.1) is 11.7 Å². The minimum Gasteiger partial charge on any atom is -0.373 e. The number of amides is 2. The van der Waals surface area contributed by atoms with Crippen molar-refractivity contribution in [3.63, 3.8) is 0 Å². The lowest BCUT2D eigenvalue weighted by Crippen LogP contribution is -2.32. The monoisotopic (exact) mass is 475 g/mol. The minimum absolute atomic E-state index is 0.126. The highest BCUT2D eigenvalue weighted by molar-refractivity contribution is 6.01. The first-order valence-electron chi connectivity index (χ1n) is 12.3. The Morgan fingerprint density at radius 1 is 1.03 bits per heavy atom. The van der Waals surface area contributed by atoms with Gasteiger partial charge >= 0.3 is 0 Å². The van der Waals surface area contributed by atoms with Gasteiger partial charge in [-0.1, -0.05) is 49.4 Å². The van der Waals surface area contributed by atoms with Crippen LogP contribution in [0.25, 0.3) is 0 Å². The first kappa shape index (κ1) is 23.3. The van der Waals surface area contributed by atoms with Gasteiger partial charge in [0.25, 0.3) is 11.8 Å². The quantitative estimate of drug-likeness (QED) is 0.486.